The minimum Gasteiger partial charge on any atom is -0.414 e. The van der Waals surface area contributed by atoms with Crippen LogP contribution in [-0.2, 0) is 9.16 Å². The lowest BCUT2D eigenvalue weighted by atomic mass is 10.1. The highest BCUT2D eigenvalue weighted by Crippen LogP contribution is 2.39. The summed E-state index contributed by atoms with van der Waals surface area (Å²) in [5.41, 5.74) is 0.518. The molecule has 4 atom stereocenters. The highest BCUT2D eigenvalue weighted by Gasteiger charge is 2.46. The minimum atomic E-state index is -2.00. The van der Waals surface area contributed by atoms with Gasteiger partial charge in [0.2, 0.25) is 0 Å². The summed E-state index contributed by atoms with van der Waals surface area (Å²) < 4.78 is 14.5. The van der Waals surface area contributed by atoms with E-state index in [2.05, 4.69) is 59.8 Å². The van der Waals surface area contributed by atoms with E-state index in [0.29, 0.717) is 20.7 Å². The summed E-state index contributed by atoms with van der Waals surface area (Å²) in [6.45, 7) is 10.9. The molecule has 0 unspecified atom stereocenters. The molecule has 0 radical (unpaired) electrons. The van der Waals surface area contributed by atoms with Gasteiger partial charge in [0.1, 0.15) is 35.4 Å². The van der Waals surface area contributed by atoms with Gasteiger partial charge in [-0.25, -0.2) is 9.97 Å². The topological polar surface area (TPSA) is 89.6 Å². The Hall–Kier alpha value is -0.553. The van der Waals surface area contributed by atoms with Crippen LogP contribution in [0.1, 0.15) is 27.0 Å². The second-order valence-electron chi connectivity index (χ2n) is 8.36. The Kier molecular flexibility index (Phi) is 5.77. The predicted octanol–water partition coefficient (Wildman–Crippen LogP) is 3.49. The lowest BCUT2D eigenvalue weighted by Gasteiger charge is -2.37. The molecule has 1 aliphatic rings. The molecule has 1 fully saturated rings. The van der Waals surface area contributed by atoms with E-state index in [4.69, 9.17) is 20.8 Å². The number of nitrogens with zero attached hydrogens (tertiary/aromatic N) is 3. The van der Waals surface area contributed by atoms with Gasteiger partial charge >= 0.3 is 0 Å². The Balaban J connectivity index is 1.83. The monoisotopic (exact) mass is 477 g/mol. The third kappa shape index (κ3) is 3.83. The minimum absolute atomic E-state index is 0.0454. The first-order chi connectivity index (χ1) is 12.4. The Bertz CT molecular complexity index is 841. The molecule has 2 aromatic rings. The number of aromatic nitrogens is 3. The van der Waals surface area contributed by atoms with E-state index in [-0.39, 0.29) is 11.6 Å². The van der Waals surface area contributed by atoms with Gasteiger partial charge in [0.15, 0.2) is 14.5 Å². The van der Waals surface area contributed by atoms with E-state index in [1.54, 1.807) is 10.8 Å². The van der Waals surface area contributed by atoms with Crippen LogP contribution in [0.3, 0.4) is 0 Å². The molecule has 2 N–H and O–H groups in total. The third-order valence-corrected chi connectivity index (χ3v) is 10.9. The maximum Gasteiger partial charge on any atom is 0.192 e. The molecule has 0 saturated carbocycles. The van der Waals surface area contributed by atoms with E-state index in [1.165, 1.54) is 6.33 Å². The van der Waals surface area contributed by atoms with Gasteiger partial charge in [0.25, 0.3) is 0 Å². The van der Waals surface area contributed by atoms with Crippen LogP contribution in [-0.4, -0.2) is 58.0 Å². The Morgan fingerprint density at radius 3 is 2.59 bits per heavy atom. The Labute approximate surface area is 172 Å². The molecule has 0 aromatic carbocycles. The lowest BCUT2D eigenvalue weighted by Crippen LogP contribution is -2.44. The fourth-order valence-corrected chi connectivity index (χ4v) is 4.75. The van der Waals surface area contributed by atoms with Gasteiger partial charge in [-0.3, -0.25) is 0 Å². The van der Waals surface area contributed by atoms with E-state index >= 15 is 0 Å². The molecule has 0 amide bonds. The second kappa shape index (κ2) is 7.36. The number of aliphatic hydroxyl groups is 2. The first kappa shape index (κ1) is 21.2. The SMILES string of the molecule is CC(C)(C)[Si](C)(C)OC[C@@H]1O[C@@H](n2cc(Br)c3c(Cl)ncnc32)[C@H](O)[C@@H]1O. The molecule has 7 nitrogen and oxygen atoms in total. The molecule has 3 rings (SSSR count). The predicted molar refractivity (Wildman–Crippen MR) is 109 cm³/mol. The van der Waals surface area contributed by atoms with Crippen LogP contribution >= 0.6 is 27.5 Å². The smallest absolute Gasteiger partial charge is 0.192 e. The molecule has 3 heterocycles. The van der Waals surface area contributed by atoms with E-state index in [0.717, 1.165) is 0 Å². The van der Waals surface area contributed by atoms with Crippen LogP contribution in [0.25, 0.3) is 11.0 Å². The van der Waals surface area contributed by atoms with Crippen LogP contribution in [0, 0.1) is 0 Å². The molecular weight excluding hydrogens is 454 g/mol. The van der Waals surface area contributed by atoms with Gasteiger partial charge in [-0.1, -0.05) is 32.4 Å². The van der Waals surface area contributed by atoms with Crippen LogP contribution < -0.4 is 0 Å². The van der Waals surface area contributed by atoms with Crippen LogP contribution in [0.4, 0.5) is 0 Å². The average molecular weight is 479 g/mol. The maximum atomic E-state index is 10.6. The van der Waals surface area contributed by atoms with Crippen molar-refractivity contribution in [2.75, 3.05) is 6.61 Å². The van der Waals surface area contributed by atoms with Crippen LogP contribution in [0.2, 0.25) is 23.3 Å². The molecular formula is C17H25BrClN3O4Si. The van der Waals surface area contributed by atoms with Crippen molar-refractivity contribution in [3.8, 4) is 0 Å². The number of hydrogen-bond donors (Lipinski definition) is 2. The summed E-state index contributed by atoms with van der Waals surface area (Å²) >= 11 is 9.60. The standard InChI is InChI=1S/C17H25BrClN3O4Si/c1-17(2,3)27(4,5)25-7-10-12(23)13(24)16(26-10)22-6-9(18)11-14(19)20-8-21-15(11)22/h6,8,10,12-13,16,23-24H,7H2,1-5H3/t10-,12+,13+,16+/m0/s1. The number of aliphatic hydroxyl groups excluding tert-OH is 2. The zero-order valence-corrected chi connectivity index (χ0v) is 19.3. The van der Waals surface area contributed by atoms with Crippen molar-refractivity contribution in [2.24, 2.45) is 0 Å². The van der Waals surface area contributed by atoms with Crippen LogP contribution in [0.5, 0.6) is 0 Å². The molecule has 2 aromatic heterocycles. The highest BCUT2D eigenvalue weighted by molar-refractivity contribution is 9.10. The lowest BCUT2D eigenvalue weighted by molar-refractivity contribution is -0.0489. The number of fused-ring (bicyclic) bond motifs is 1. The normalized spacial score (nSPS) is 26.9. The van der Waals surface area contributed by atoms with Gasteiger partial charge in [-0.2, -0.15) is 0 Å². The quantitative estimate of drug-likeness (QED) is 0.516. The largest absolute Gasteiger partial charge is 0.414 e. The van der Waals surface area contributed by atoms with Gasteiger partial charge < -0.3 is 23.9 Å². The fraction of sp³-hybridized carbons (Fsp3) is 0.647. The van der Waals surface area contributed by atoms with E-state index in [9.17, 15) is 10.2 Å². The molecule has 27 heavy (non-hydrogen) atoms. The number of rotatable bonds is 4. The number of halogens is 2. The van der Waals surface area contributed by atoms with Crippen molar-refractivity contribution < 1.29 is 19.4 Å². The van der Waals surface area contributed by atoms with Gasteiger partial charge in [-0.05, 0) is 34.1 Å². The molecule has 0 spiro atoms. The maximum absolute atomic E-state index is 10.6. The zero-order valence-electron chi connectivity index (χ0n) is 16.0. The summed E-state index contributed by atoms with van der Waals surface area (Å²) in [5, 5.41) is 22.1. The van der Waals surface area contributed by atoms with Crippen molar-refractivity contribution in [1.29, 1.82) is 0 Å². The molecule has 10 heteroatoms. The molecule has 0 bridgehead atoms. The van der Waals surface area contributed by atoms with Crippen molar-refractivity contribution in [3.63, 3.8) is 0 Å². The third-order valence-electron chi connectivity index (χ3n) is 5.54. The van der Waals surface area contributed by atoms with Crippen LogP contribution in [0.15, 0.2) is 17.0 Å². The second-order valence-corrected chi connectivity index (χ2v) is 14.4. The average Bonchev–Trinajstić information content (AvgIpc) is 3.04. The molecule has 0 aliphatic carbocycles. The Morgan fingerprint density at radius 1 is 1.30 bits per heavy atom. The Morgan fingerprint density at radius 2 is 1.96 bits per heavy atom. The van der Waals surface area contributed by atoms with Gasteiger partial charge in [0, 0.05) is 10.7 Å². The van der Waals surface area contributed by atoms with Gasteiger partial charge in [0.05, 0.1) is 12.0 Å². The number of ether oxygens (including phenoxy) is 1. The summed E-state index contributed by atoms with van der Waals surface area (Å²) in [4.78, 5) is 8.23. The first-order valence-corrected chi connectivity index (χ1v) is 12.8. The van der Waals surface area contributed by atoms with Crippen molar-refractivity contribution in [1.82, 2.24) is 14.5 Å². The molecule has 1 aliphatic heterocycles. The molecule has 1 saturated heterocycles. The summed E-state index contributed by atoms with van der Waals surface area (Å²) in [6.07, 6.45) is -0.533. The first-order valence-electron chi connectivity index (χ1n) is 8.76. The van der Waals surface area contributed by atoms with Crippen molar-refractivity contribution in [3.05, 3.63) is 22.1 Å². The highest BCUT2D eigenvalue weighted by atomic mass is 79.9. The van der Waals surface area contributed by atoms with Crippen molar-refractivity contribution in [2.45, 2.75) is 63.4 Å². The molecule has 150 valence electrons. The zero-order chi connectivity index (χ0) is 20.1. The van der Waals surface area contributed by atoms with Gasteiger partial charge in [-0.15, -0.1) is 0 Å². The van der Waals surface area contributed by atoms with Crippen molar-refractivity contribution >= 4 is 46.9 Å². The summed E-state index contributed by atoms with van der Waals surface area (Å²) in [5.74, 6) is 0. The summed E-state index contributed by atoms with van der Waals surface area (Å²) in [6, 6.07) is 0. The van der Waals surface area contributed by atoms with E-state index in [1.807, 2.05) is 0 Å². The van der Waals surface area contributed by atoms with E-state index < -0.39 is 32.9 Å². The fourth-order valence-electron chi connectivity index (χ4n) is 2.80. The number of hydrogen-bond acceptors (Lipinski definition) is 6. The summed E-state index contributed by atoms with van der Waals surface area (Å²) in [7, 11) is -2.00.